The van der Waals surface area contributed by atoms with Gasteiger partial charge in [-0.25, -0.2) is 4.68 Å². The summed E-state index contributed by atoms with van der Waals surface area (Å²) >= 11 is 0. The molecule has 0 unspecified atom stereocenters. The number of carbonyl (C=O) groups is 1. The highest BCUT2D eigenvalue weighted by Gasteiger charge is 2.17. The van der Waals surface area contributed by atoms with Crippen LogP contribution in [0, 0.1) is 6.92 Å². The van der Waals surface area contributed by atoms with Gasteiger partial charge in [0.2, 0.25) is 5.43 Å². The number of aromatic nitrogens is 2. The Bertz CT molecular complexity index is 931. The number of amides is 1. The first-order valence-corrected chi connectivity index (χ1v) is 8.54. The van der Waals surface area contributed by atoms with Crippen LogP contribution in [0.25, 0.3) is 5.69 Å². The predicted octanol–water partition coefficient (Wildman–Crippen LogP) is 2.89. The number of aryl methyl sites for hydroxylation is 2. The molecule has 1 aromatic carbocycles. The van der Waals surface area contributed by atoms with Crippen LogP contribution in [0.15, 0.2) is 64.0 Å². The number of furan rings is 1. The van der Waals surface area contributed by atoms with Gasteiger partial charge < -0.3 is 9.73 Å². The van der Waals surface area contributed by atoms with E-state index in [1.54, 1.807) is 17.9 Å². The van der Waals surface area contributed by atoms with Gasteiger partial charge in [-0.05, 0) is 44.5 Å². The molecule has 26 heavy (non-hydrogen) atoms. The maximum Gasteiger partial charge on any atom is 0.276 e. The Morgan fingerprint density at radius 2 is 2.00 bits per heavy atom. The molecule has 6 nitrogen and oxygen atoms in total. The Labute approximate surface area is 151 Å². The van der Waals surface area contributed by atoms with Crippen molar-refractivity contribution >= 4 is 5.91 Å². The Balaban J connectivity index is 1.75. The highest BCUT2D eigenvalue weighted by molar-refractivity contribution is 5.92. The summed E-state index contributed by atoms with van der Waals surface area (Å²) in [6.07, 6.45) is 3.04. The summed E-state index contributed by atoms with van der Waals surface area (Å²) in [6.45, 7) is 3.68. The van der Waals surface area contributed by atoms with E-state index >= 15 is 0 Å². The van der Waals surface area contributed by atoms with Crippen molar-refractivity contribution < 1.29 is 9.21 Å². The van der Waals surface area contributed by atoms with Crippen LogP contribution >= 0.6 is 0 Å². The Kier molecular flexibility index (Phi) is 5.31. The van der Waals surface area contributed by atoms with Gasteiger partial charge in [-0.3, -0.25) is 9.59 Å². The summed E-state index contributed by atoms with van der Waals surface area (Å²) in [5, 5.41) is 7.12. The van der Waals surface area contributed by atoms with E-state index in [4.69, 9.17) is 4.42 Å². The molecule has 0 fully saturated rings. The van der Waals surface area contributed by atoms with E-state index in [2.05, 4.69) is 10.4 Å². The number of carbonyl (C=O) groups excluding carboxylic acids is 1. The van der Waals surface area contributed by atoms with Crippen LogP contribution in [-0.2, 0) is 6.42 Å². The van der Waals surface area contributed by atoms with Crippen LogP contribution in [0.3, 0.4) is 0 Å². The quantitative estimate of drug-likeness (QED) is 0.741. The molecule has 1 amide bonds. The van der Waals surface area contributed by atoms with Gasteiger partial charge in [-0.2, -0.15) is 5.10 Å². The molecule has 6 heteroatoms. The van der Waals surface area contributed by atoms with E-state index < -0.39 is 5.91 Å². The van der Waals surface area contributed by atoms with Crippen molar-refractivity contribution in [2.24, 2.45) is 0 Å². The molecule has 1 N–H and O–H groups in total. The third-order valence-corrected chi connectivity index (χ3v) is 4.10. The molecule has 3 aromatic rings. The maximum absolute atomic E-state index is 12.5. The van der Waals surface area contributed by atoms with Gasteiger partial charge in [0.25, 0.3) is 5.91 Å². The molecule has 0 radical (unpaired) electrons. The summed E-state index contributed by atoms with van der Waals surface area (Å²) < 4.78 is 6.89. The third kappa shape index (κ3) is 4.08. The molecule has 0 aliphatic rings. The first-order valence-electron chi connectivity index (χ1n) is 8.54. The van der Waals surface area contributed by atoms with Crippen LogP contribution in [0.2, 0.25) is 0 Å². The van der Waals surface area contributed by atoms with E-state index in [1.165, 1.54) is 6.07 Å². The fourth-order valence-electron chi connectivity index (χ4n) is 2.71. The lowest BCUT2D eigenvalue weighted by molar-refractivity contribution is 0.0930. The average Bonchev–Trinajstić information content (AvgIpc) is 3.14. The molecule has 0 aliphatic carbocycles. The molecular weight excluding hydrogens is 330 g/mol. The highest BCUT2D eigenvalue weighted by Crippen LogP contribution is 2.09. The molecule has 0 spiro atoms. The monoisotopic (exact) mass is 351 g/mol. The molecule has 3 rings (SSSR count). The van der Waals surface area contributed by atoms with E-state index in [0.717, 1.165) is 11.4 Å². The van der Waals surface area contributed by atoms with Crippen molar-refractivity contribution in [2.75, 3.05) is 0 Å². The highest BCUT2D eigenvalue weighted by atomic mass is 16.3. The van der Waals surface area contributed by atoms with Gasteiger partial charge in [0.05, 0.1) is 12.0 Å². The minimum atomic E-state index is -0.466. The third-order valence-electron chi connectivity index (χ3n) is 4.10. The minimum Gasteiger partial charge on any atom is -0.469 e. The normalized spacial score (nSPS) is 11.9. The summed E-state index contributed by atoms with van der Waals surface area (Å²) in [4.78, 5) is 24.8. The number of hydrogen-bond donors (Lipinski definition) is 1. The number of hydrogen-bond acceptors (Lipinski definition) is 4. The van der Waals surface area contributed by atoms with E-state index in [0.29, 0.717) is 18.5 Å². The van der Waals surface area contributed by atoms with E-state index in [1.807, 2.05) is 49.4 Å². The molecule has 0 saturated heterocycles. The van der Waals surface area contributed by atoms with Crippen molar-refractivity contribution in [3.05, 3.63) is 82.2 Å². The van der Waals surface area contributed by atoms with Crippen LogP contribution in [0.4, 0.5) is 0 Å². The van der Waals surface area contributed by atoms with Crippen molar-refractivity contribution in [1.29, 1.82) is 0 Å². The molecule has 2 heterocycles. The van der Waals surface area contributed by atoms with Gasteiger partial charge in [-0.1, -0.05) is 18.2 Å². The summed E-state index contributed by atoms with van der Waals surface area (Å²) in [5.74, 6) is 0.401. The average molecular weight is 351 g/mol. The SMILES string of the molecule is Cc1cc(=O)c(C(=O)N[C@H](C)CCc2ccco2)nn1-c1ccccc1. The lowest BCUT2D eigenvalue weighted by Gasteiger charge is -2.14. The van der Waals surface area contributed by atoms with Gasteiger partial charge in [0.15, 0.2) is 5.69 Å². The number of benzene rings is 1. The summed E-state index contributed by atoms with van der Waals surface area (Å²) in [6, 6.07) is 14.5. The zero-order valence-electron chi connectivity index (χ0n) is 14.8. The first-order chi connectivity index (χ1) is 12.5. The zero-order valence-corrected chi connectivity index (χ0v) is 14.8. The number of rotatable bonds is 6. The maximum atomic E-state index is 12.5. The fourth-order valence-corrected chi connectivity index (χ4v) is 2.71. The van der Waals surface area contributed by atoms with Crippen LogP contribution in [0.1, 0.15) is 35.3 Å². The second kappa shape index (κ2) is 7.82. The molecule has 2 aromatic heterocycles. The second-order valence-corrected chi connectivity index (χ2v) is 6.24. The van der Waals surface area contributed by atoms with Crippen molar-refractivity contribution in [3.8, 4) is 5.69 Å². The lowest BCUT2D eigenvalue weighted by atomic mass is 10.1. The second-order valence-electron chi connectivity index (χ2n) is 6.24. The number of nitrogens with one attached hydrogen (secondary N) is 1. The van der Waals surface area contributed by atoms with Gasteiger partial charge in [0, 0.05) is 24.2 Å². The standard InChI is InChI=1S/C20H21N3O3/c1-14(10-11-17-9-6-12-26-17)21-20(25)19-18(24)13-15(2)23(22-19)16-7-4-3-5-8-16/h3-9,12-14H,10-11H2,1-2H3,(H,21,25)/t14-/m1/s1. The van der Waals surface area contributed by atoms with Crippen LogP contribution in [0.5, 0.6) is 0 Å². The summed E-state index contributed by atoms with van der Waals surface area (Å²) in [5.41, 5.74) is 0.975. The zero-order chi connectivity index (χ0) is 18.5. The van der Waals surface area contributed by atoms with Crippen LogP contribution < -0.4 is 10.7 Å². The number of nitrogens with zero attached hydrogens (tertiary/aromatic N) is 2. The van der Waals surface area contributed by atoms with Gasteiger partial charge >= 0.3 is 0 Å². The molecular formula is C20H21N3O3. The predicted molar refractivity (Wildman–Crippen MR) is 98.5 cm³/mol. The minimum absolute atomic E-state index is 0.107. The first kappa shape index (κ1) is 17.7. The van der Waals surface area contributed by atoms with Crippen molar-refractivity contribution in [3.63, 3.8) is 0 Å². The van der Waals surface area contributed by atoms with Crippen LogP contribution in [-0.4, -0.2) is 21.7 Å². The largest absolute Gasteiger partial charge is 0.469 e. The smallest absolute Gasteiger partial charge is 0.276 e. The topological polar surface area (TPSA) is 77.1 Å². The number of para-hydroxylation sites is 1. The molecule has 0 saturated carbocycles. The van der Waals surface area contributed by atoms with E-state index in [-0.39, 0.29) is 17.2 Å². The fraction of sp³-hybridized carbons (Fsp3) is 0.250. The lowest BCUT2D eigenvalue weighted by Crippen LogP contribution is -2.37. The Morgan fingerprint density at radius 3 is 2.69 bits per heavy atom. The van der Waals surface area contributed by atoms with Gasteiger partial charge in [-0.15, -0.1) is 0 Å². The van der Waals surface area contributed by atoms with E-state index in [9.17, 15) is 9.59 Å². The van der Waals surface area contributed by atoms with Crippen molar-refractivity contribution in [1.82, 2.24) is 15.1 Å². The summed E-state index contributed by atoms with van der Waals surface area (Å²) in [7, 11) is 0. The molecule has 0 bridgehead atoms. The molecule has 1 atom stereocenters. The molecule has 0 aliphatic heterocycles. The Hall–Kier alpha value is -3.15. The molecule has 134 valence electrons. The Morgan fingerprint density at radius 1 is 1.23 bits per heavy atom. The van der Waals surface area contributed by atoms with Gasteiger partial charge in [0.1, 0.15) is 5.76 Å². The van der Waals surface area contributed by atoms with Crippen molar-refractivity contribution in [2.45, 2.75) is 32.7 Å².